The van der Waals surface area contributed by atoms with E-state index in [-0.39, 0.29) is 5.41 Å². The van der Waals surface area contributed by atoms with Gasteiger partial charge in [-0.15, -0.1) is 0 Å². The van der Waals surface area contributed by atoms with E-state index in [0.717, 1.165) is 54.0 Å². The summed E-state index contributed by atoms with van der Waals surface area (Å²) in [6, 6.07) is 14.5. The molecule has 5 heteroatoms. The molecule has 0 spiro atoms. The van der Waals surface area contributed by atoms with E-state index in [1.165, 1.54) is 17.5 Å². The molecule has 0 aliphatic heterocycles. The van der Waals surface area contributed by atoms with Crippen molar-refractivity contribution in [3.05, 3.63) is 53.6 Å². The summed E-state index contributed by atoms with van der Waals surface area (Å²) < 4.78 is 6.42. The summed E-state index contributed by atoms with van der Waals surface area (Å²) in [6.45, 7) is 2.23. The number of Topliss-reactive ketones (excluding diaryl/α,β-unsaturated/α-hetero) is 1. The summed E-state index contributed by atoms with van der Waals surface area (Å²) in [5.41, 5.74) is 4.58. The second-order valence-electron chi connectivity index (χ2n) is 9.46. The molecular weight excluding hydrogens is 451 g/mol. The van der Waals surface area contributed by atoms with E-state index in [9.17, 15) is 4.79 Å². The van der Waals surface area contributed by atoms with Crippen LogP contribution in [0.2, 0.25) is 0 Å². The standard InChI is InChI=1S/C26H29N2O2Se/c1-26-13-12-18-19(21(26)10-11-24(26)29)9-8-16-14-23(30-2)22(15-20(16)18)28-25(31)27-17-6-4-3-5-7-17/h3-7,14-15,18-19,21H,8-13H2,1-2H3,(H,27,28)/t18-,19+,21-,26-/m0/s1. The first-order valence-electron chi connectivity index (χ1n) is 11.3. The van der Waals surface area contributed by atoms with E-state index in [2.05, 4.69) is 40.4 Å². The molecule has 31 heavy (non-hydrogen) atoms. The van der Waals surface area contributed by atoms with Crippen LogP contribution in [0, 0.1) is 17.3 Å². The third kappa shape index (κ3) is 3.62. The van der Waals surface area contributed by atoms with Crippen molar-refractivity contribution >= 4 is 37.9 Å². The van der Waals surface area contributed by atoms with Gasteiger partial charge in [0.15, 0.2) is 0 Å². The predicted octanol–water partition coefficient (Wildman–Crippen LogP) is 5.39. The molecule has 4 nitrogen and oxygen atoms in total. The molecule has 0 aromatic heterocycles. The molecule has 1 radical (unpaired) electrons. The molecule has 0 unspecified atom stereocenters. The fourth-order valence-electron chi connectivity index (χ4n) is 6.39. The molecule has 3 aliphatic carbocycles. The average Bonchev–Trinajstić information content (AvgIpc) is 3.08. The van der Waals surface area contributed by atoms with Crippen LogP contribution in [0.5, 0.6) is 5.75 Å². The number of aryl methyl sites for hydroxylation is 1. The van der Waals surface area contributed by atoms with E-state index in [0.29, 0.717) is 23.5 Å². The summed E-state index contributed by atoms with van der Waals surface area (Å²) in [5.74, 6) is 2.99. The van der Waals surface area contributed by atoms with Crippen LogP contribution in [-0.4, -0.2) is 33.6 Å². The Kier molecular flexibility index (Phi) is 5.44. The van der Waals surface area contributed by atoms with Gasteiger partial charge in [-0.25, -0.2) is 0 Å². The normalized spacial score (nSPS) is 29.7. The average molecular weight is 480 g/mol. The summed E-state index contributed by atoms with van der Waals surface area (Å²) in [4.78, 5) is 17.4. The molecule has 0 amide bonds. The molecule has 0 heterocycles. The molecule has 2 aromatic rings. The first-order valence-corrected chi connectivity index (χ1v) is 12.2. The zero-order chi connectivity index (χ0) is 21.6. The number of hydrogen-bond acceptors (Lipinski definition) is 3. The predicted molar refractivity (Wildman–Crippen MR) is 126 cm³/mol. The first-order chi connectivity index (χ1) is 15.0. The van der Waals surface area contributed by atoms with Crippen LogP contribution in [0.15, 0.2) is 47.5 Å². The number of methoxy groups -OCH3 is 1. The van der Waals surface area contributed by atoms with Crippen molar-refractivity contribution in [1.29, 1.82) is 0 Å². The molecule has 2 fully saturated rings. The molecule has 3 aliphatic rings. The number of benzene rings is 2. The quantitative estimate of drug-likeness (QED) is 0.364. The van der Waals surface area contributed by atoms with E-state index in [1.807, 2.05) is 30.3 Å². The third-order valence-electron chi connectivity index (χ3n) is 7.98. The van der Waals surface area contributed by atoms with Gasteiger partial charge in [-0.3, -0.25) is 0 Å². The molecule has 2 aromatic carbocycles. The Bertz CT molecular complexity index is 1040. The van der Waals surface area contributed by atoms with Gasteiger partial charge in [0, 0.05) is 0 Å². The van der Waals surface area contributed by atoms with E-state index in [4.69, 9.17) is 9.73 Å². The van der Waals surface area contributed by atoms with Crippen LogP contribution >= 0.6 is 0 Å². The number of rotatable bonds is 3. The van der Waals surface area contributed by atoms with Gasteiger partial charge in [0.05, 0.1) is 0 Å². The van der Waals surface area contributed by atoms with Crippen LogP contribution in [0.25, 0.3) is 0 Å². The maximum absolute atomic E-state index is 12.6. The number of ketones is 1. The molecule has 2 saturated carbocycles. The fraction of sp³-hybridized carbons (Fsp3) is 0.462. The Morgan fingerprint density at radius 1 is 1.16 bits per heavy atom. The minimum atomic E-state index is -0.0860. The van der Waals surface area contributed by atoms with Gasteiger partial charge in [0.25, 0.3) is 0 Å². The molecule has 1 N–H and O–H groups in total. The van der Waals surface area contributed by atoms with Crippen LogP contribution in [0.1, 0.15) is 56.1 Å². The van der Waals surface area contributed by atoms with Crippen molar-refractivity contribution < 1.29 is 9.53 Å². The van der Waals surface area contributed by atoms with Crippen molar-refractivity contribution in [1.82, 2.24) is 0 Å². The number of ether oxygens (including phenoxy) is 1. The van der Waals surface area contributed by atoms with Crippen LogP contribution < -0.4 is 10.1 Å². The van der Waals surface area contributed by atoms with E-state index >= 15 is 0 Å². The Labute approximate surface area is 192 Å². The first kappa shape index (κ1) is 20.8. The summed E-state index contributed by atoms with van der Waals surface area (Å²) in [7, 11) is 1.71. The van der Waals surface area contributed by atoms with Crippen molar-refractivity contribution in [2.24, 2.45) is 22.2 Å². The molecule has 0 bridgehead atoms. The maximum atomic E-state index is 12.6. The Morgan fingerprint density at radius 2 is 1.97 bits per heavy atom. The number of fused-ring (bicyclic) bond motifs is 5. The van der Waals surface area contributed by atoms with Gasteiger partial charge in [-0.1, -0.05) is 0 Å². The summed E-state index contributed by atoms with van der Waals surface area (Å²) in [5, 5.41) is 3.32. The Hall–Kier alpha value is -2.10. The number of carbonyl (C=O) groups is 1. The van der Waals surface area contributed by atoms with Crippen LogP contribution in [-0.2, 0) is 11.2 Å². The molecule has 0 saturated heterocycles. The van der Waals surface area contributed by atoms with Crippen molar-refractivity contribution in [2.45, 2.75) is 51.4 Å². The fourth-order valence-corrected chi connectivity index (χ4v) is 6.84. The number of aliphatic imine (C=N–C) groups is 1. The Morgan fingerprint density at radius 3 is 2.74 bits per heavy atom. The van der Waals surface area contributed by atoms with Gasteiger partial charge in [-0.2, -0.15) is 0 Å². The van der Waals surface area contributed by atoms with Crippen LogP contribution in [0.3, 0.4) is 0 Å². The van der Waals surface area contributed by atoms with Gasteiger partial charge in [0.1, 0.15) is 0 Å². The minimum absolute atomic E-state index is 0.0860. The van der Waals surface area contributed by atoms with Gasteiger partial charge in [-0.05, 0) is 0 Å². The summed E-state index contributed by atoms with van der Waals surface area (Å²) >= 11 is 3.05. The number of hydrogen-bond donors (Lipinski definition) is 1. The number of nitrogens with zero attached hydrogens (tertiary/aromatic N) is 1. The van der Waals surface area contributed by atoms with Gasteiger partial charge in [0.2, 0.25) is 0 Å². The number of carbonyl (C=O) groups excluding carboxylic acids is 1. The molecular formula is C26H29N2O2Se. The van der Waals surface area contributed by atoms with Crippen LogP contribution in [0.4, 0.5) is 11.4 Å². The molecule has 4 atom stereocenters. The number of para-hydroxylation sites is 1. The Balaban J connectivity index is 1.47. The SMILES string of the molecule is COc1cc2c(cc1N=C([Se])Nc1ccccc1)[C@H]1CC[C@]3(C)C(=O)CC[C@H]3[C@@H]1CC2. The van der Waals surface area contributed by atoms with Gasteiger partial charge < -0.3 is 0 Å². The zero-order valence-corrected chi connectivity index (χ0v) is 19.9. The second-order valence-corrected chi connectivity index (χ2v) is 10.3. The second kappa shape index (κ2) is 8.11. The van der Waals surface area contributed by atoms with Crippen molar-refractivity contribution in [3.8, 4) is 5.75 Å². The molecule has 161 valence electrons. The number of amidine groups is 1. The topological polar surface area (TPSA) is 50.7 Å². The zero-order valence-electron chi connectivity index (χ0n) is 18.2. The monoisotopic (exact) mass is 481 g/mol. The number of anilines is 1. The third-order valence-corrected chi connectivity index (χ3v) is 8.39. The van der Waals surface area contributed by atoms with Crippen molar-refractivity contribution in [3.63, 3.8) is 0 Å². The van der Waals surface area contributed by atoms with Crippen molar-refractivity contribution in [2.75, 3.05) is 12.4 Å². The van der Waals surface area contributed by atoms with E-state index < -0.39 is 0 Å². The van der Waals surface area contributed by atoms with Gasteiger partial charge >= 0.3 is 193 Å². The summed E-state index contributed by atoms with van der Waals surface area (Å²) in [6.07, 6.45) is 6.20. The number of nitrogens with one attached hydrogen (secondary N) is 1. The molecule has 5 rings (SSSR count). The van der Waals surface area contributed by atoms with E-state index in [1.54, 1.807) is 7.11 Å².